The molecule has 2 aliphatic heterocycles. The first-order chi connectivity index (χ1) is 17.5. The number of amides is 2. The predicted octanol–water partition coefficient (Wildman–Crippen LogP) is 3.17. The fraction of sp³-hybridized carbons (Fsp3) is 0.346. The van der Waals surface area contributed by atoms with Crippen molar-refractivity contribution >= 4 is 29.2 Å². The van der Waals surface area contributed by atoms with Gasteiger partial charge in [0.2, 0.25) is 11.8 Å². The molecule has 1 saturated heterocycles. The van der Waals surface area contributed by atoms with Gasteiger partial charge < -0.3 is 19.3 Å². The third-order valence-corrected chi connectivity index (χ3v) is 6.46. The molecule has 0 radical (unpaired) electrons. The number of rotatable bonds is 6. The van der Waals surface area contributed by atoms with Crippen LogP contribution in [0.5, 0.6) is 5.88 Å². The molecule has 0 N–H and O–H groups in total. The van der Waals surface area contributed by atoms with Crippen molar-refractivity contribution in [1.82, 2.24) is 14.8 Å². The van der Waals surface area contributed by atoms with Gasteiger partial charge in [-0.05, 0) is 56.5 Å². The molecule has 186 valence electrons. The summed E-state index contributed by atoms with van der Waals surface area (Å²) in [6, 6.07) is 10.8. The van der Waals surface area contributed by atoms with Crippen molar-refractivity contribution in [3.05, 3.63) is 59.5 Å². The van der Waals surface area contributed by atoms with Crippen LogP contribution in [0.2, 0.25) is 0 Å². The van der Waals surface area contributed by atoms with Crippen LogP contribution in [0, 0.1) is 0 Å². The second-order valence-corrected chi connectivity index (χ2v) is 8.59. The summed E-state index contributed by atoms with van der Waals surface area (Å²) < 4.78 is 11.8. The van der Waals surface area contributed by atoms with Crippen LogP contribution >= 0.6 is 0 Å². The van der Waals surface area contributed by atoms with Crippen LogP contribution in [-0.2, 0) is 16.0 Å². The number of hydrogen-bond acceptors (Lipinski definition) is 7. The lowest BCUT2D eigenvalue weighted by molar-refractivity contribution is -0.119. The maximum absolute atomic E-state index is 13.8. The third-order valence-electron chi connectivity index (χ3n) is 6.46. The maximum atomic E-state index is 13.8. The Morgan fingerprint density at radius 1 is 0.944 bits per heavy atom. The van der Waals surface area contributed by atoms with Gasteiger partial charge in [-0.15, -0.1) is 0 Å². The average molecular weight is 490 g/mol. The van der Waals surface area contributed by atoms with Crippen molar-refractivity contribution in [2.45, 2.75) is 32.6 Å². The normalized spacial score (nSPS) is 15.6. The Kier molecular flexibility index (Phi) is 6.41. The Morgan fingerprint density at radius 2 is 1.67 bits per heavy atom. The van der Waals surface area contributed by atoms with Crippen molar-refractivity contribution in [3.63, 3.8) is 0 Å². The van der Waals surface area contributed by atoms with E-state index in [-0.39, 0.29) is 24.1 Å². The number of ether oxygens (including phenoxy) is 2. The molecule has 0 saturated carbocycles. The van der Waals surface area contributed by atoms with E-state index in [4.69, 9.17) is 9.47 Å². The summed E-state index contributed by atoms with van der Waals surface area (Å²) in [7, 11) is 1.52. The Balaban J connectivity index is 1.50. The van der Waals surface area contributed by atoms with E-state index in [2.05, 4.69) is 10.1 Å². The first kappa shape index (κ1) is 23.5. The van der Waals surface area contributed by atoms with Gasteiger partial charge in [-0.25, -0.2) is 14.5 Å². The molecule has 0 unspecified atom stereocenters. The zero-order valence-corrected chi connectivity index (χ0v) is 20.3. The predicted molar refractivity (Wildman–Crippen MR) is 132 cm³/mol. The lowest BCUT2D eigenvalue weighted by atomic mass is 10.0. The van der Waals surface area contributed by atoms with E-state index in [1.807, 2.05) is 24.3 Å². The Labute approximate surface area is 208 Å². The van der Waals surface area contributed by atoms with Crippen molar-refractivity contribution in [2.24, 2.45) is 0 Å². The molecule has 0 spiro atoms. The molecule has 0 bridgehead atoms. The van der Waals surface area contributed by atoms with Gasteiger partial charge in [0, 0.05) is 42.5 Å². The third kappa shape index (κ3) is 4.19. The van der Waals surface area contributed by atoms with Crippen LogP contribution in [0.25, 0.3) is 5.69 Å². The Morgan fingerprint density at radius 3 is 2.31 bits per heavy atom. The summed E-state index contributed by atoms with van der Waals surface area (Å²) in [6.45, 7) is 3.02. The number of anilines is 2. The fourth-order valence-electron chi connectivity index (χ4n) is 4.67. The standard InChI is InChI=1S/C26H27N5O5/c1-3-36-26(34)23-20-13-15-30(18-9-7-17(8-10-18)29-14-5-4-6-22(29)32)25(33)24(20)31(28-23)19-11-12-21(35-2)27-16-19/h7-12,16H,3-6,13-15H2,1-2H3. The largest absolute Gasteiger partial charge is 0.481 e. The average Bonchev–Trinajstić information content (AvgIpc) is 3.30. The second-order valence-electron chi connectivity index (χ2n) is 8.59. The lowest BCUT2D eigenvalue weighted by Gasteiger charge is -2.29. The summed E-state index contributed by atoms with van der Waals surface area (Å²) >= 11 is 0. The molecule has 36 heavy (non-hydrogen) atoms. The number of pyridine rings is 1. The summed E-state index contributed by atoms with van der Waals surface area (Å²) in [5.74, 6) is -0.301. The van der Waals surface area contributed by atoms with Crippen LogP contribution < -0.4 is 14.5 Å². The van der Waals surface area contributed by atoms with Gasteiger partial charge in [0.15, 0.2) is 5.69 Å². The van der Waals surface area contributed by atoms with Gasteiger partial charge in [-0.1, -0.05) is 0 Å². The van der Waals surface area contributed by atoms with Crippen molar-refractivity contribution in [2.75, 3.05) is 36.6 Å². The number of benzene rings is 1. The molecule has 4 heterocycles. The van der Waals surface area contributed by atoms with Gasteiger partial charge >= 0.3 is 5.97 Å². The van der Waals surface area contributed by atoms with Crippen LogP contribution in [-0.4, -0.2) is 59.4 Å². The molecule has 0 atom stereocenters. The van der Waals surface area contributed by atoms with Gasteiger partial charge in [0.25, 0.3) is 5.91 Å². The quantitative estimate of drug-likeness (QED) is 0.490. The SMILES string of the molecule is CCOC(=O)c1nn(-c2ccc(OC)nc2)c2c1CCN(c1ccc(N3CCCCC3=O)cc1)C2=O. The molecular formula is C26H27N5O5. The van der Waals surface area contributed by atoms with E-state index >= 15 is 0 Å². The molecule has 0 aliphatic carbocycles. The van der Waals surface area contributed by atoms with E-state index in [9.17, 15) is 14.4 Å². The number of carbonyl (C=O) groups excluding carboxylic acids is 3. The minimum atomic E-state index is -0.564. The minimum Gasteiger partial charge on any atom is -0.481 e. The Bertz CT molecular complexity index is 1300. The summed E-state index contributed by atoms with van der Waals surface area (Å²) in [4.78, 5) is 46.4. The molecule has 1 fully saturated rings. The molecule has 10 heteroatoms. The first-order valence-corrected chi connectivity index (χ1v) is 12.0. The summed E-state index contributed by atoms with van der Waals surface area (Å²) in [5, 5.41) is 4.47. The van der Waals surface area contributed by atoms with Crippen molar-refractivity contribution in [3.8, 4) is 11.6 Å². The maximum Gasteiger partial charge on any atom is 0.359 e. The molecule has 1 aromatic carbocycles. The van der Waals surface area contributed by atoms with Gasteiger partial charge in [-0.3, -0.25) is 9.59 Å². The highest BCUT2D eigenvalue weighted by Crippen LogP contribution is 2.31. The number of fused-ring (bicyclic) bond motifs is 1. The van der Waals surface area contributed by atoms with Gasteiger partial charge in [-0.2, -0.15) is 5.10 Å². The fourth-order valence-corrected chi connectivity index (χ4v) is 4.67. The number of methoxy groups -OCH3 is 1. The lowest BCUT2D eigenvalue weighted by Crippen LogP contribution is -2.39. The van der Waals surface area contributed by atoms with Crippen LogP contribution in [0.3, 0.4) is 0 Å². The number of carbonyl (C=O) groups is 3. The highest BCUT2D eigenvalue weighted by molar-refractivity contribution is 6.09. The number of esters is 1. The van der Waals surface area contributed by atoms with E-state index in [0.717, 1.165) is 18.5 Å². The zero-order valence-electron chi connectivity index (χ0n) is 20.3. The number of aromatic nitrogens is 3. The van der Waals surface area contributed by atoms with Crippen molar-refractivity contribution < 1.29 is 23.9 Å². The van der Waals surface area contributed by atoms with E-state index in [1.54, 1.807) is 28.9 Å². The first-order valence-electron chi connectivity index (χ1n) is 12.0. The Hall–Kier alpha value is -4.21. The topological polar surface area (TPSA) is 107 Å². The zero-order chi connectivity index (χ0) is 25.2. The van der Waals surface area contributed by atoms with Crippen LogP contribution in [0.1, 0.15) is 52.7 Å². The number of hydrogen-bond donors (Lipinski definition) is 0. The monoisotopic (exact) mass is 489 g/mol. The molecule has 2 aromatic heterocycles. The second kappa shape index (κ2) is 9.80. The number of nitrogens with zero attached hydrogens (tertiary/aromatic N) is 5. The van der Waals surface area contributed by atoms with Gasteiger partial charge in [0.05, 0.1) is 25.6 Å². The molecule has 3 aromatic rings. The van der Waals surface area contributed by atoms with E-state index in [1.165, 1.54) is 18.0 Å². The van der Waals surface area contributed by atoms with Crippen LogP contribution in [0.4, 0.5) is 11.4 Å². The van der Waals surface area contributed by atoms with E-state index in [0.29, 0.717) is 54.4 Å². The molecule has 5 rings (SSSR count). The number of piperidine rings is 1. The molecule has 2 amide bonds. The van der Waals surface area contributed by atoms with E-state index < -0.39 is 5.97 Å². The summed E-state index contributed by atoms with van der Waals surface area (Å²) in [6.07, 6.45) is 4.43. The molecule has 2 aliphatic rings. The smallest absolute Gasteiger partial charge is 0.359 e. The highest BCUT2D eigenvalue weighted by Gasteiger charge is 2.35. The summed E-state index contributed by atoms with van der Waals surface area (Å²) in [5.41, 5.74) is 3.05. The highest BCUT2D eigenvalue weighted by atomic mass is 16.5. The van der Waals surface area contributed by atoms with Gasteiger partial charge in [0.1, 0.15) is 5.69 Å². The molecule has 10 nitrogen and oxygen atoms in total. The van der Waals surface area contributed by atoms with Crippen LogP contribution in [0.15, 0.2) is 42.6 Å². The minimum absolute atomic E-state index is 0.121. The molecular weight excluding hydrogens is 462 g/mol. The van der Waals surface area contributed by atoms with Crippen molar-refractivity contribution in [1.29, 1.82) is 0 Å².